The lowest BCUT2D eigenvalue weighted by atomic mass is 10.2. The van der Waals surface area contributed by atoms with Crippen LogP contribution in [0.5, 0.6) is 0 Å². The largest absolute Gasteiger partial charge is 0.477 e. The number of rotatable bonds is 2. The Morgan fingerprint density at radius 1 is 1.65 bits per heavy atom. The maximum Gasteiger partial charge on any atom is 0.349 e. The number of thiazole rings is 1. The molecule has 7 heteroatoms. The van der Waals surface area contributed by atoms with Crippen molar-refractivity contribution in [2.24, 2.45) is 0 Å². The highest BCUT2D eigenvalue weighted by Crippen LogP contribution is 2.32. The summed E-state index contributed by atoms with van der Waals surface area (Å²) in [5.41, 5.74) is 0. The van der Waals surface area contributed by atoms with Crippen LogP contribution in [0.15, 0.2) is 0 Å². The summed E-state index contributed by atoms with van der Waals surface area (Å²) in [6.07, 6.45) is 0.113. The minimum Gasteiger partial charge on any atom is -0.477 e. The zero-order chi connectivity index (χ0) is 12.6. The summed E-state index contributed by atoms with van der Waals surface area (Å²) in [7, 11) is 0. The molecule has 0 amide bonds. The molecule has 0 aromatic carbocycles. The number of hydrogen-bond donors (Lipinski definition) is 1. The number of anilines is 1. The molecule has 1 fully saturated rings. The standard InChI is InChI=1S/C10H13ClN2O3S/c1-5-4-16-6(2)3-13(5)10-12-8(11)7(17-10)9(14)15/h5-6H,3-4H2,1-2H3,(H,14,15). The number of ether oxygens (including phenoxy) is 1. The van der Waals surface area contributed by atoms with Gasteiger partial charge in [0, 0.05) is 6.54 Å². The average molecular weight is 277 g/mol. The van der Waals surface area contributed by atoms with Gasteiger partial charge in [0.2, 0.25) is 0 Å². The molecule has 2 unspecified atom stereocenters. The van der Waals surface area contributed by atoms with Crippen LogP contribution in [0.3, 0.4) is 0 Å². The third-order valence-corrected chi connectivity index (χ3v) is 4.09. The Balaban J connectivity index is 2.26. The Kier molecular flexibility index (Phi) is 3.56. The predicted octanol–water partition coefficient (Wildman–Crippen LogP) is 2.11. The van der Waals surface area contributed by atoms with Gasteiger partial charge in [-0.2, -0.15) is 0 Å². The van der Waals surface area contributed by atoms with Gasteiger partial charge in [-0.25, -0.2) is 9.78 Å². The van der Waals surface area contributed by atoms with Crippen LogP contribution >= 0.6 is 22.9 Å². The average Bonchev–Trinajstić information content (AvgIpc) is 2.64. The quantitative estimate of drug-likeness (QED) is 0.896. The van der Waals surface area contributed by atoms with E-state index in [2.05, 4.69) is 4.98 Å². The first-order valence-corrected chi connectivity index (χ1v) is 6.46. The van der Waals surface area contributed by atoms with E-state index in [0.29, 0.717) is 18.3 Å². The second-order valence-electron chi connectivity index (χ2n) is 4.07. The van der Waals surface area contributed by atoms with Gasteiger partial charge in [-0.1, -0.05) is 22.9 Å². The number of nitrogens with zero attached hydrogens (tertiary/aromatic N) is 2. The summed E-state index contributed by atoms with van der Waals surface area (Å²) in [4.78, 5) is 17.1. The predicted molar refractivity (Wildman–Crippen MR) is 66.3 cm³/mol. The first-order chi connectivity index (χ1) is 7.99. The molecule has 0 bridgehead atoms. The Hall–Kier alpha value is -0.850. The van der Waals surface area contributed by atoms with Crippen molar-refractivity contribution in [1.82, 2.24) is 4.98 Å². The maximum absolute atomic E-state index is 10.9. The molecule has 0 spiro atoms. The van der Waals surface area contributed by atoms with Gasteiger partial charge < -0.3 is 14.7 Å². The Bertz CT molecular complexity index is 437. The zero-order valence-corrected chi connectivity index (χ0v) is 11.1. The van der Waals surface area contributed by atoms with Gasteiger partial charge in [0.25, 0.3) is 0 Å². The molecule has 1 N–H and O–H groups in total. The Morgan fingerprint density at radius 3 is 2.94 bits per heavy atom. The highest BCUT2D eigenvalue weighted by Gasteiger charge is 2.27. The van der Waals surface area contributed by atoms with E-state index in [1.54, 1.807) is 0 Å². The number of aromatic carboxylic acids is 1. The number of aromatic nitrogens is 1. The van der Waals surface area contributed by atoms with Gasteiger partial charge in [-0.15, -0.1) is 0 Å². The van der Waals surface area contributed by atoms with Crippen LogP contribution in [-0.2, 0) is 4.74 Å². The van der Waals surface area contributed by atoms with Crippen LogP contribution in [0, 0.1) is 0 Å². The highest BCUT2D eigenvalue weighted by atomic mass is 35.5. The Labute approximate surface area is 108 Å². The summed E-state index contributed by atoms with van der Waals surface area (Å²) in [5, 5.41) is 9.65. The van der Waals surface area contributed by atoms with Crippen molar-refractivity contribution in [2.45, 2.75) is 26.0 Å². The van der Waals surface area contributed by atoms with Gasteiger partial charge in [0.15, 0.2) is 15.2 Å². The zero-order valence-electron chi connectivity index (χ0n) is 9.51. The first-order valence-electron chi connectivity index (χ1n) is 5.27. The van der Waals surface area contributed by atoms with Crippen molar-refractivity contribution >= 4 is 34.0 Å². The van der Waals surface area contributed by atoms with E-state index >= 15 is 0 Å². The fraction of sp³-hybridized carbons (Fsp3) is 0.600. The molecule has 17 heavy (non-hydrogen) atoms. The van der Waals surface area contributed by atoms with E-state index in [1.165, 1.54) is 0 Å². The topological polar surface area (TPSA) is 62.7 Å². The molecule has 0 radical (unpaired) electrons. The number of halogens is 1. The number of hydrogen-bond acceptors (Lipinski definition) is 5. The van der Waals surface area contributed by atoms with Crippen LogP contribution in [0.1, 0.15) is 23.5 Å². The highest BCUT2D eigenvalue weighted by molar-refractivity contribution is 7.18. The summed E-state index contributed by atoms with van der Waals surface area (Å²) in [6.45, 7) is 5.30. The number of carboxylic acid groups (broad SMARTS) is 1. The minimum atomic E-state index is -1.03. The number of morpholine rings is 1. The van der Waals surface area contributed by atoms with Crippen molar-refractivity contribution in [3.05, 3.63) is 10.0 Å². The van der Waals surface area contributed by atoms with Crippen LogP contribution in [0.4, 0.5) is 5.13 Å². The second-order valence-corrected chi connectivity index (χ2v) is 5.40. The van der Waals surface area contributed by atoms with E-state index in [9.17, 15) is 4.79 Å². The van der Waals surface area contributed by atoms with Gasteiger partial charge in [-0.05, 0) is 13.8 Å². The van der Waals surface area contributed by atoms with Gasteiger partial charge in [0.05, 0.1) is 18.8 Å². The molecule has 2 atom stereocenters. The normalized spacial score (nSPS) is 25.0. The molecule has 5 nitrogen and oxygen atoms in total. The van der Waals surface area contributed by atoms with E-state index in [4.69, 9.17) is 21.4 Å². The van der Waals surface area contributed by atoms with E-state index in [1.807, 2.05) is 18.7 Å². The lowest BCUT2D eigenvalue weighted by molar-refractivity contribution is 0.0343. The fourth-order valence-corrected chi connectivity index (χ4v) is 2.95. The van der Waals surface area contributed by atoms with Crippen molar-refractivity contribution in [1.29, 1.82) is 0 Å². The molecule has 0 saturated carbocycles. The molecular formula is C10H13ClN2O3S. The van der Waals surface area contributed by atoms with Crippen LogP contribution in [0.25, 0.3) is 0 Å². The van der Waals surface area contributed by atoms with Crippen molar-refractivity contribution in [3.63, 3.8) is 0 Å². The van der Waals surface area contributed by atoms with Crippen molar-refractivity contribution in [2.75, 3.05) is 18.1 Å². The van der Waals surface area contributed by atoms with E-state index in [0.717, 1.165) is 11.3 Å². The molecule has 2 rings (SSSR count). The molecule has 1 aliphatic rings. The van der Waals surface area contributed by atoms with Gasteiger partial charge in [-0.3, -0.25) is 0 Å². The van der Waals surface area contributed by atoms with Gasteiger partial charge >= 0.3 is 5.97 Å². The van der Waals surface area contributed by atoms with Crippen molar-refractivity contribution < 1.29 is 14.6 Å². The minimum absolute atomic E-state index is 0.0591. The maximum atomic E-state index is 10.9. The van der Waals surface area contributed by atoms with Crippen LogP contribution in [0.2, 0.25) is 5.15 Å². The molecule has 1 saturated heterocycles. The molecule has 94 valence electrons. The Morgan fingerprint density at radius 2 is 2.35 bits per heavy atom. The summed E-state index contributed by atoms with van der Waals surface area (Å²) < 4.78 is 5.51. The number of carboxylic acids is 1. The monoisotopic (exact) mass is 276 g/mol. The summed E-state index contributed by atoms with van der Waals surface area (Å²) in [5.74, 6) is -1.03. The number of carbonyl (C=O) groups is 1. The first kappa shape index (κ1) is 12.6. The molecule has 0 aliphatic carbocycles. The molecule has 1 aromatic rings. The molecular weight excluding hydrogens is 264 g/mol. The summed E-state index contributed by atoms with van der Waals surface area (Å²) >= 11 is 6.91. The summed E-state index contributed by atoms with van der Waals surface area (Å²) in [6, 6.07) is 0.176. The van der Waals surface area contributed by atoms with E-state index < -0.39 is 5.97 Å². The third-order valence-electron chi connectivity index (χ3n) is 2.62. The van der Waals surface area contributed by atoms with Crippen LogP contribution in [-0.4, -0.2) is 41.4 Å². The fourth-order valence-electron chi connectivity index (χ4n) is 1.72. The van der Waals surface area contributed by atoms with Crippen LogP contribution < -0.4 is 4.90 Å². The lowest BCUT2D eigenvalue weighted by Gasteiger charge is -2.36. The van der Waals surface area contributed by atoms with Crippen molar-refractivity contribution in [3.8, 4) is 0 Å². The molecule has 1 aromatic heterocycles. The van der Waals surface area contributed by atoms with Gasteiger partial charge in [0.1, 0.15) is 0 Å². The second kappa shape index (κ2) is 4.80. The lowest BCUT2D eigenvalue weighted by Crippen LogP contribution is -2.47. The van der Waals surface area contributed by atoms with E-state index in [-0.39, 0.29) is 22.2 Å². The SMILES string of the molecule is CC1CN(c2nc(Cl)c(C(=O)O)s2)C(C)CO1. The smallest absolute Gasteiger partial charge is 0.349 e. The molecule has 2 heterocycles. The third kappa shape index (κ3) is 2.53. The molecule has 1 aliphatic heterocycles.